The highest BCUT2D eigenvalue weighted by atomic mass is 16.7. The van der Waals surface area contributed by atoms with E-state index in [-0.39, 0.29) is 5.41 Å². The number of carbonyl (C=O) groups is 1. The van der Waals surface area contributed by atoms with Crippen LogP contribution in [0.15, 0.2) is 0 Å². The van der Waals surface area contributed by atoms with Gasteiger partial charge in [0.1, 0.15) is 5.60 Å². The molecule has 14 heavy (non-hydrogen) atoms. The van der Waals surface area contributed by atoms with Crippen molar-refractivity contribution in [3.63, 3.8) is 0 Å². The Morgan fingerprint density at radius 1 is 1.21 bits per heavy atom. The van der Waals surface area contributed by atoms with E-state index in [9.17, 15) is 4.79 Å². The molecular formula is C11H22O3. The van der Waals surface area contributed by atoms with Crippen LogP contribution >= 0.6 is 0 Å². The van der Waals surface area contributed by atoms with E-state index in [0.29, 0.717) is 0 Å². The third-order valence-corrected chi connectivity index (χ3v) is 3.01. The second-order valence-electron chi connectivity index (χ2n) is 4.70. The van der Waals surface area contributed by atoms with Gasteiger partial charge in [0.15, 0.2) is 0 Å². The first kappa shape index (κ1) is 13.3. The molecule has 0 saturated carbocycles. The summed E-state index contributed by atoms with van der Waals surface area (Å²) in [6, 6.07) is 0. The zero-order chi connectivity index (χ0) is 11.4. The summed E-state index contributed by atoms with van der Waals surface area (Å²) in [6.07, 6.45) is 1.47. The van der Waals surface area contributed by atoms with E-state index < -0.39 is 11.8 Å². The number of carbonyl (C=O) groups excluding carboxylic acids is 1. The average Bonchev–Trinajstić information content (AvgIpc) is 2.03. The van der Waals surface area contributed by atoms with E-state index in [4.69, 9.17) is 4.74 Å². The first-order valence-corrected chi connectivity index (χ1v) is 5.04. The standard InChI is InChI=1S/C11H22O3/c1-7-8-10(2,3)11(4,5)14-9(12)13-6/h7-8H2,1-6H3. The van der Waals surface area contributed by atoms with Gasteiger partial charge >= 0.3 is 6.16 Å². The average molecular weight is 202 g/mol. The largest absolute Gasteiger partial charge is 0.508 e. The van der Waals surface area contributed by atoms with Gasteiger partial charge in [0.2, 0.25) is 0 Å². The van der Waals surface area contributed by atoms with Crippen LogP contribution in [0.1, 0.15) is 47.5 Å². The van der Waals surface area contributed by atoms with Gasteiger partial charge in [0, 0.05) is 5.41 Å². The molecule has 0 heterocycles. The maximum absolute atomic E-state index is 11.0. The Hall–Kier alpha value is -0.730. The molecule has 0 fully saturated rings. The van der Waals surface area contributed by atoms with Gasteiger partial charge in [-0.15, -0.1) is 0 Å². The minimum atomic E-state index is -0.612. The molecule has 0 rings (SSSR count). The van der Waals surface area contributed by atoms with Crippen molar-refractivity contribution in [1.82, 2.24) is 0 Å². The molecular weight excluding hydrogens is 180 g/mol. The van der Waals surface area contributed by atoms with Gasteiger partial charge in [-0.25, -0.2) is 4.79 Å². The van der Waals surface area contributed by atoms with Crippen molar-refractivity contribution >= 4 is 6.16 Å². The fraction of sp³-hybridized carbons (Fsp3) is 0.909. The molecule has 0 radical (unpaired) electrons. The van der Waals surface area contributed by atoms with Crippen molar-refractivity contribution in [2.75, 3.05) is 7.11 Å². The van der Waals surface area contributed by atoms with Crippen molar-refractivity contribution < 1.29 is 14.3 Å². The van der Waals surface area contributed by atoms with Crippen LogP contribution in [0.3, 0.4) is 0 Å². The number of ether oxygens (including phenoxy) is 2. The maximum Gasteiger partial charge on any atom is 0.508 e. The first-order valence-electron chi connectivity index (χ1n) is 5.04. The van der Waals surface area contributed by atoms with Crippen molar-refractivity contribution in [3.8, 4) is 0 Å². The fourth-order valence-corrected chi connectivity index (χ4v) is 1.31. The van der Waals surface area contributed by atoms with Crippen molar-refractivity contribution in [3.05, 3.63) is 0 Å². The molecule has 0 aromatic heterocycles. The van der Waals surface area contributed by atoms with Crippen molar-refractivity contribution in [2.24, 2.45) is 5.41 Å². The fourth-order valence-electron chi connectivity index (χ4n) is 1.31. The molecule has 0 atom stereocenters. The molecule has 0 saturated heterocycles. The molecule has 0 N–H and O–H groups in total. The van der Waals surface area contributed by atoms with E-state index in [2.05, 4.69) is 25.5 Å². The van der Waals surface area contributed by atoms with Crippen molar-refractivity contribution in [2.45, 2.75) is 53.1 Å². The summed E-state index contributed by atoms with van der Waals surface area (Å²) in [4.78, 5) is 11.0. The summed E-state index contributed by atoms with van der Waals surface area (Å²) < 4.78 is 9.74. The van der Waals surface area contributed by atoms with Gasteiger partial charge in [-0.2, -0.15) is 0 Å². The number of rotatable bonds is 4. The number of hydrogen-bond acceptors (Lipinski definition) is 3. The van der Waals surface area contributed by atoms with E-state index >= 15 is 0 Å². The summed E-state index contributed by atoms with van der Waals surface area (Å²) >= 11 is 0. The molecule has 0 aliphatic heterocycles. The summed E-state index contributed by atoms with van der Waals surface area (Å²) in [6.45, 7) is 10.1. The predicted molar refractivity (Wildman–Crippen MR) is 56.3 cm³/mol. The van der Waals surface area contributed by atoms with Crippen LogP contribution in [0.4, 0.5) is 4.79 Å². The third-order valence-electron chi connectivity index (χ3n) is 3.01. The van der Waals surface area contributed by atoms with Gasteiger partial charge in [-0.3, -0.25) is 0 Å². The lowest BCUT2D eigenvalue weighted by Crippen LogP contribution is -2.43. The van der Waals surface area contributed by atoms with Crippen LogP contribution < -0.4 is 0 Å². The minimum Gasteiger partial charge on any atom is -0.438 e. The minimum absolute atomic E-state index is 0.0457. The normalized spacial score (nSPS) is 12.4. The molecule has 3 nitrogen and oxygen atoms in total. The van der Waals surface area contributed by atoms with Gasteiger partial charge in [-0.1, -0.05) is 27.2 Å². The Balaban J connectivity index is 4.50. The molecule has 0 spiro atoms. The second-order valence-corrected chi connectivity index (χ2v) is 4.70. The van der Waals surface area contributed by atoms with Crippen LogP contribution in [0, 0.1) is 5.41 Å². The second kappa shape index (κ2) is 4.67. The highest BCUT2D eigenvalue weighted by Gasteiger charge is 2.39. The Morgan fingerprint density at radius 3 is 2.07 bits per heavy atom. The molecule has 84 valence electrons. The topological polar surface area (TPSA) is 35.5 Å². The molecule has 0 aromatic rings. The summed E-state index contributed by atoms with van der Waals surface area (Å²) in [5, 5.41) is 0. The Kier molecular flexibility index (Phi) is 4.43. The molecule has 0 unspecified atom stereocenters. The highest BCUT2D eigenvalue weighted by molar-refractivity contribution is 5.60. The monoisotopic (exact) mass is 202 g/mol. The molecule has 0 aromatic carbocycles. The van der Waals surface area contributed by atoms with E-state index in [1.165, 1.54) is 7.11 Å². The highest BCUT2D eigenvalue weighted by Crippen LogP contribution is 2.38. The van der Waals surface area contributed by atoms with Crippen LogP contribution in [-0.2, 0) is 9.47 Å². The summed E-state index contributed by atoms with van der Waals surface area (Å²) in [7, 11) is 1.32. The Morgan fingerprint density at radius 2 is 1.71 bits per heavy atom. The van der Waals surface area contributed by atoms with E-state index in [1.807, 2.05) is 13.8 Å². The Labute approximate surface area is 86.8 Å². The lowest BCUT2D eigenvalue weighted by atomic mass is 9.74. The first-order chi connectivity index (χ1) is 6.27. The van der Waals surface area contributed by atoms with Gasteiger partial charge in [-0.05, 0) is 20.3 Å². The smallest absolute Gasteiger partial charge is 0.438 e. The van der Waals surface area contributed by atoms with Crippen LogP contribution in [-0.4, -0.2) is 18.9 Å². The number of methoxy groups -OCH3 is 1. The lowest BCUT2D eigenvalue weighted by molar-refractivity contribution is -0.0767. The zero-order valence-electron chi connectivity index (χ0n) is 10.1. The zero-order valence-corrected chi connectivity index (χ0v) is 10.1. The van der Waals surface area contributed by atoms with Gasteiger partial charge in [0.25, 0.3) is 0 Å². The quantitative estimate of drug-likeness (QED) is 0.656. The summed E-state index contributed by atoms with van der Waals surface area (Å²) in [5.74, 6) is 0. The third kappa shape index (κ3) is 3.20. The van der Waals surface area contributed by atoms with Crippen LogP contribution in [0.25, 0.3) is 0 Å². The van der Waals surface area contributed by atoms with E-state index in [1.54, 1.807) is 0 Å². The molecule has 0 aliphatic carbocycles. The summed E-state index contributed by atoms with van der Waals surface area (Å²) in [5.41, 5.74) is -0.550. The van der Waals surface area contributed by atoms with Crippen LogP contribution in [0.5, 0.6) is 0 Å². The van der Waals surface area contributed by atoms with Crippen molar-refractivity contribution in [1.29, 1.82) is 0 Å². The molecule has 0 bridgehead atoms. The van der Waals surface area contributed by atoms with Crippen LogP contribution in [0.2, 0.25) is 0 Å². The van der Waals surface area contributed by atoms with Gasteiger partial charge < -0.3 is 9.47 Å². The Bertz CT molecular complexity index is 195. The molecule has 3 heteroatoms. The SMILES string of the molecule is CCCC(C)(C)C(C)(C)OC(=O)OC. The van der Waals surface area contributed by atoms with E-state index in [0.717, 1.165) is 12.8 Å². The lowest BCUT2D eigenvalue weighted by Gasteiger charge is -2.40. The van der Waals surface area contributed by atoms with Gasteiger partial charge in [0.05, 0.1) is 7.11 Å². The molecule has 0 amide bonds. The number of hydrogen-bond donors (Lipinski definition) is 0. The molecule has 0 aliphatic rings. The maximum atomic E-state index is 11.0. The predicted octanol–water partition coefficient (Wildman–Crippen LogP) is 3.37.